The summed E-state index contributed by atoms with van der Waals surface area (Å²) in [7, 11) is 0. The summed E-state index contributed by atoms with van der Waals surface area (Å²) in [6.45, 7) is 1.89. The molecule has 3 N–H and O–H groups in total. The summed E-state index contributed by atoms with van der Waals surface area (Å²) in [5.41, 5.74) is 10.1. The van der Waals surface area contributed by atoms with E-state index in [1.165, 1.54) is 16.7 Å². The number of aryl methyl sites for hydroxylation is 1. The van der Waals surface area contributed by atoms with Crippen molar-refractivity contribution in [3.63, 3.8) is 0 Å². The quantitative estimate of drug-likeness (QED) is 0.663. The van der Waals surface area contributed by atoms with Crippen LogP contribution in [0.5, 0.6) is 0 Å². The number of fused-ring (bicyclic) bond motifs is 1. The molecule has 28 heavy (non-hydrogen) atoms. The van der Waals surface area contributed by atoms with Crippen LogP contribution in [0.2, 0.25) is 0 Å². The van der Waals surface area contributed by atoms with E-state index in [0.717, 1.165) is 43.5 Å². The van der Waals surface area contributed by atoms with Gasteiger partial charge in [-0.1, -0.05) is 18.2 Å². The molecule has 3 atom stereocenters. The molecule has 1 aromatic heterocycles. The van der Waals surface area contributed by atoms with Gasteiger partial charge >= 0.3 is 0 Å². The molecule has 1 saturated carbocycles. The number of thiazole rings is 1. The van der Waals surface area contributed by atoms with Crippen molar-refractivity contribution < 1.29 is 14.6 Å². The SMILES string of the molecule is N[C@]1(CO)CC[C@H](c2ccc3c(c2)CCC(OCCOCc2nccs2)C3)C1. The Balaban J connectivity index is 1.24. The lowest BCUT2D eigenvalue weighted by Crippen LogP contribution is -2.40. The zero-order valence-corrected chi connectivity index (χ0v) is 17.1. The van der Waals surface area contributed by atoms with Gasteiger partial charge in [0.2, 0.25) is 0 Å². The molecule has 2 aliphatic carbocycles. The van der Waals surface area contributed by atoms with E-state index in [1.54, 1.807) is 17.5 Å². The fourth-order valence-electron chi connectivity index (χ4n) is 4.48. The molecule has 0 radical (unpaired) electrons. The van der Waals surface area contributed by atoms with Crippen molar-refractivity contribution in [2.45, 2.75) is 62.7 Å². The minimum absolute atomic E-state index is 0.0843. The van der Waals surface area contributed by atoms with E-state index < -0.39 is 0 Å². The molecule has 0 bridgehead atoms. The Morgan fingerprint density at radius 1 is 1.25 bits per heavy atom. The van der Waals surface area contributed by atoms with Crippen LogP contribution in [0, 0.1) is 0 Å². The van der Waals surface area contributed by atoms with Crippen LogP contribution in [-0.4, -0.2) is 41.6 Å². The van der Waals surface area contributed by atoms with Crippen molar-refractivity contribution in [3.05, 3.63) is 51.5 Å². The van der Waals surface area contributed by atoms with Gasteiger partial charge in [-0.05, 0) is 61.1 Å². The van der Waals surface area contributed by atoms with E-state index >= 15 is 0 Å². The molecule has 0 amide bonds. The Morgan fingerprint density at radius 2 is 2.18 bits per heavy atom. The highest BCUT2D eigenvalue weighted by Gasteiger charge is 2.36. The predicted molar refractivity (Wildman–Crippen MR) is 111 cm³/mol. The zero-order valence-electron chi connectivity index (χ0n) is 16.3. The molecule has 0 saturated heterocycles. The summed E-state index contributed by atoms with van der Waals surface area (Å²) in [4.78, 5) is 4.21. The van der Waals surface area contributed by atoms with Crippen LogP contribution in [0.3, 0.4) is 0 Å². The van der Waals surface area contributed by atoms with E-state index in [9.17, 15) is 5.11 Å². The summed E-state index contributed by atoms with van der Waals surface area (Å²) in [5, 5.41) is 12.5. The first-order chi connectivity index (χ1) is 13.6. The maximum atomic E-state index is 9.51. The second kappa shape index (κ2) is 9.01. The smallest absolute Gasteiger partial charge is 0.118 e. The Hall–Kier alpha value is -1.31. The van der Waals surface area contributed by atoms with Gasteiger partial charge in [0.05, 0.1) is 32.5 Å². The van der Waals surface area contributed by atoms with Crippen molar-refractivity contribution in [1.82, 2.24) is 4.98 Å². The van der Waals surface area contributed by atoms with Gasteiger partial charge < -0.3 is 20.3 Å². The van der Waals surface area contributed by atoms with Crippen LogP contribution in [0.4, 0.5) is 0 Å². The minimum Gasteiger partial charge on any atom is -0.394 e. The third-order valence-corrected chi connectivity index (χ3v) is 6.89. The number of hydrogen-bond donors (Lipinski definition) is 2. The lowest BCUT2D eigenvalue weighted by atomic mass is 9.85. The van der Waals surface area contributed by atoms with Gasteiger partial charge in [-0.25, -0.2) is 4.98 Å². The van der Waals surface area contributed by atoms with Gasteiger partial charge in [0.25, 0.3) is 0 Å². The summed E-state index contributed by atoms with van der Waals surface area (Å²) in [5.74, 6) is 0.478. The van der Waals surface area contributed by atoms with Crippen molar-refractivity contribution in [2.24, 2.45) is 5.73 Å². The third kappa shape index (κ3) is 4.81. The average Bonchev–Trinajstić information content (AvgIpc) is 3.38. The van der Waals surface area contributed by atoms with E-state index in [4.69, 9.17) is 15.2 Å². The first kappa shape index (κ1) is 20.0. The molecular formula is C22H30N2O3S. The Morgan fingerprint density at radius 3 is 2.96 bits per heavy atom. The van der Waals surface area contributed by atoms with Crippen LogP contribution >= 0.6 is 11.3 Å². The maximum absolute atomic E-state index is 9.51. The second-order valence-corrected chi connectivity index (χ2v) is 9.18. The first-order valence-electron chi connectivity index (χ1n) is 10.2. The van der Waals surface area contributed by atoms with Gasteiger partial charge in [0.1, 0.15) is 5.01 Å². The molecule has 1 unspecified atom stereocenters. The standard InChI is InChI=1S/C22H30N2O3S/c23-22(15-25)6-5-19(13-22)17-1-2-18-12-20(4-3-16(18)11-17)27-9-8-26-14-21-24-7-10-28-21/h1-2,7,10-11,19-20,25H,3-6,8-9,12-15,23H2/t19-,20?,22+/m0/s1. The third-order valence-electron chi connectivity index (χ3n) is 6.13. The number of hydrogen-bond acceptors (Lipinski definition) is 6. The fourth-order valence-corrected chi connectivity index (χ4v) is 5.03. The van der Waals surface area contributed by atoms with Crippen LogP contribution < -0.4 is 5.73 Å². The molecule has 1 fully saturated rings. The molecule has 6 heteroatoms. The number of rotatable bonds is 8. The van der Waals surface area contributed by atoms with Gasteiger partial charge in [-0.2, -0.15) is 0 Å². The molecule has 4 rings (SSSR count). The van der Waals surface area contributed by atoms with Crippen LogP contribution in [0.25, 0.3) is 0 Å². The molecular weight excluding hydrogens is 372 g/mol. The topological polar surface area (TPSA) is 77.6 Å². The normalized spacial score (nSPS) is 27.1. The molecule has 0 spiro atoms. The number of aliphatic hydroxyl groups is 1. The molecule has 5 nitrogen and oxygen atoms in total. The summed E-state index contributed by atoms with van der Waals surface area (Å²) in [6, 6.07) is 6.90. The van der Waals surface area contributed by atoms with Crippen molar-refractivity contribution in [2.75, 3.05) is 19.8 Å². The summed E-state index contributed by atoms with van der Waals surface area (Å²) >= 11 is 1.62. The second-order valence-electron chi connectivity index (χ2n) is 8.20. The van der Waals surface area contributed by atoms with Gasteiger partial charge in [-0.3, -0.25) is 0 Å². The Kier molecular flexibility index (Phi) is 6.43. The zero-order chi connectivity index (χ0) is 19.4. The highest BCUT2D eigenvalue weighted by Crippen LogP contribution is 2.40. The van der Waals surface area contributed by atoms with E-state index in [1.807, 2.05) is 5.38 Å². The number of aromatic nitrogens is 1. The first-order valence-corrected chi connectivity index (χ1v) is 11.1. The Labute approximate surface area is 170 Å². The molecule has 1 aromatic carbocycles. The predicted octanol–water partition coefficient (Wildman–Crippen LogP) is 3.19. The Bertz CT molecular complexity index is 767. The highest BCUT2D eigenvalue weighted by atomic mass is 32.1. The van der Waals surface area contributed by atoms with Crippen molar-refractivity contribution >= 4 is 11.3 Å². The molecule has 2 aliphatic rings. The van der Waals surface area contributed by atoms with Gasteiger partial charge in [0, 0.05) is 17.1 Å². The van der Waals surface area contributed by atoms with Crippen molar-refractivity contribution in [3.8, 4) is 0 Å². The number of nitrogens with two attached hydrogens (primary N) is 1. The summed E-state index contributed by atoms with van der Waals surface area (Å²) < 4.78 is 11.7. The van der Waals surface area contributed by atoms with Crippen LogP contribution in [-0.2, 0) is 28.9 Å². The molecule has 152 valence electrons. The van der Waals surface area contributed by atoms with Gasteiger partial charge in [0.15, 0.2) is 0 Å². The summed E-state index contributed by atoms with van der Waals surface area (Å²) in [6.07, 6.45) is 8.04. The number of aliphatic hydroxyl groups excluding tert-OH is 1. The van der Waals surface area contributed by atoms with Gasteiger partial charge in [-0.15, -0.1) is 11.3 Å². The maximum Gasteiger partial charge on any atom is 0.118 e. The lowest BCUT2D eigenvalue weighted by molar-refractivity contribution is -0.00461. The monoisotopic (exact) mass is 402 g/mol. The van der Waals surface area contributed by atoms with E-state index in [-0.39, 0.29) is 18.2 Å². The number of nitrogens with zero attached hydrogens (tertiary/aromatic N) is 1. The number of ether oxygens (including phenoxy) is 2. The lowest BCUT2D eigenvalue weighted by Gasteiger charge is -2.26. The fraction of sp³-hybridized carbons (Fsp3) is 0.591. The molecule has 0 aliphatic heterocycles. The van der Waals surface area contributed by atoms with Crippen LogP contribution in [0.15, 0.2) is 29.8 Å². The molecule has 1 heterocycles. The van der Waals surface area contributed by atoms with E-state index in [2.05, 4.69) is 23.2 Å². The highest BCUT2D eigenvalue weighted by molar-refractivity contribution is 7.09. The van der Waals surface area contributed by atoms with E-state index in [0.29, 0.717) is 25.7 Å². The minimum atomic E-state index is -0.388. The molecule has 2 aromatic rings. The van der Waals surface area contributed by atoms with Crippen molar-refractivity contribution in [1.29, 1.82) is 0 Å². The number of benzene rings is 1. The van der Waals surface area contributed by atoms with Crippen LogP contribution in [0.1, 0.15) is 53.3 Å². The largest absolute Gasteiger partial charge is 0.394 e. The average molecular weight is 403 g/mol.